The zero-order valence-corrected chi connectivity index (χ0v) is 13.4. The number of amides is 1. The summed E-state index contributed by atoms with van der Waals surface area (Å²) in [6, 6.07) is 0.953. The summed E-state index contributed by atoms with van der Waals surface area (Å²) < 4.78 is 39.7. The Morgan fingerprint density at radius 3 is 2.72 bits per heavy atom. The van der Waals surface area contributed by atoms with Crippen molar-refractivity contribution in [2.75, 3.05) is 6.54 Å². The molecule has 1 amide bonds. The number of imidazole rings is 1. The number of H-pyrrole nitrogens is 1. The highest BCUT2D eigenvalue weighted by molar-refractivity contribution is 6.02. The molecule has 0 aromatic carbocycles. The van der Waals surface area contributed by atoms with Gasteiger partial charge in [0.2, 0.25) is 0 Å². The summed E-state index contributed by atoms with van der Waals surface area (Å²) in [7, 11) is 0. The van der Waals surface area contributed by atoms with Crippen molar-refractivity contribution < 1.29 is 27.9 Å². The number of alkyl halides is 3. The van der Waals surface area contributed by atoms with Gasteiger partial charge in [0.05, 0.1) is 12.0 Å². The van der Waals surface area contributed by atoms with Crippen LogP contribution in [0.4, 0.5) is 13.2 Å². The van der Waals surface area contributed by atoms with Gasteiger partial charge < -0.3 is 15.4 Å². The maximum Gasteiger partial charge on any atom is 0.433 e. The molecule has 0 bridgehead atoms. The smallest absolute Gasteiger partial charge is 0.433 e. The van der Waals surface area contributed by atoms with Gasteiger partial charge in [-0.05, 0) is 18.9 Å². The number of carbonyl (C=O) groups excluding carboxylic acids is 1. The van der Waals surface area contributed by atoms with Gasteiger partial charge in [-0.3, -0.25) is 9.48 Å². The minimum atomic E-state index is -4.52. The van der Waals surface area contributed by atoms with E-state index in [1.165, 1.54) is 6.92 Å². The van der Waals surface area contributed by atoms with Crippen LogP contribution in [0, 0.1) is 12.8 Å². The van der Waals surface area contributed by atoms with E-state index in [0.29, 0.717) is 0 Å². The van der Waals surface area contributed by atoms with Crippen LogP contribution in [0.15, 0.2) is 12.4 Å². The lowest BCUT2D eigenvalue weighted by Gasteiger charge is -2.15. The molecular formula is C14H16F3N5O3. The van der Waals surface area contributed by atoms with Gasteiger partial charge in [-0.15, -0.1) is 0 Å². The normalized spacial score (nSPS) is 12.8. The average Bonchev–Trinajstić information content (AvgIpc) is 3.11. The number of carboxylic acid groups (broad SMARTS) is 1. The van der Waals surface area contributed by atoms with Crippen molar-refractivity contribution in [3.8, 4) is 0 Å². The van der Waals surface area contributed by atoms with Crippen LogP contribution in [0.2, 0.25) is 0 Å². The second kappa shape index (κ2) is 6.95. The van der Waals surface area contributed by atoms with Gasteiger partial charge >= 0.3 is 12.1 Å². The lowest BCUT2D eigenvalue weighted by molar-refractivity contribution is -0.144. The molecule has 0 aliphatic heterocycles. The third-order valence-corrected chi connectivity index (χ3v) is 3.36. The highest BCUT2D eigenvalue weighted by Crippen LogP contribution is 2.30. The van der Waals surface area contributed by atoms with Gasteiger partial charge in [0, 0.05) is 13.1 Å². The van der Waals surface area contributed by atoms with E-state index in [-0.39, 0.29) is 36.1 Å². The van der Waals surface area contributed by atoms with Crippen LogP contribution in [-0.4, -0.2) is 43.3 Å². The van der Waals surface area contributed by atoms with Gasteiger partial charge in [-0.1, -0.05) is 6.92 Å². The lowest BCUT2D eigenvalue weighted by Crippen LogP contribution is -2.32. The summed E-state index contributed by atoms with van der Waals surface area (Å²) in [6.45, 7) is 3.07. The molecule has 11 heteroatoms. The summed E-state index contributed by atoms with van der Waals surface area (Å²) in [5, 5.41) is 15.2. The Hall–Kier alpha value is -2.85. The molecule has 3 N–H and O–H groups in total. The molecule has 1 unspecified atom stereocenters. The number of nitrogens with one attached hydrogen (secondary N) is 2. The Labute approximate surface area is 140 Å². The van der Waals surface area contributed by atoms with Gasteiger partial charge in [0.1, 0.15) is 5.69 Å². The van der Waals surface area contributed by atoms with Crippen molar-refractivity contribution in [1.29, 1.82) is 0 Å². The quantitative estimate of drug-likeness (QED) is 0.727. The second-order valence-corrected chi connectivity index (χ2v) is 5.60. The first kappa shape index (κ1) is 18.5. The molecule has 0 saturated heterocycles. The third-order valence-electron chi connectivity index (χ3n) is 3.36. The molecule has 0 spiro atoms. The van der Waals surface area contributed by atoms with Crippen LogP contribution in [0.5, 0.6) is 0 Å². The average molecular weight is 359 g/mol. The standard InChI is InChI=1S/C14H16F3N5O3/c1-7(5-22-9(14(15,16)17)3-8(2)21-22)4-18-12(23)10-11(13(24)25)20-6-19-10/h3,6-7H,4-5H2,1-2H3,(H,18,23)(H,19,20)(H,24,25). The molecule has 2 heterocycles. The first-order valence-electron chi connectivity index (χ1n) is 7.26. The van der Waals surface area contributed by atoms with E-state index in [4.69, 9.17) is 5.11 Å². The molecule has 0 radical (unpaired) electrons. The molecule has 8 nitrogen and oxygen atoms in total. The fourth-order valence-corrected chi connectivity index (χ4v) is 2.25. The topological polar surface area (TPSA) is 113 Å². The molecule has 1 atom stereocenters. The number of carboxylic acids is 1. The first-order valence-corrected chi connectivity index (χ1v) is 7.26. The van der Waals surface area contributed by atoms with Crippen molar-refractivity contribution in [2.24, 2.45) is 5.92 Å². The predicted octanol–water partition coefficient (Wildman–Crippen LogP) is 1.70. The Morgan fingerprint density at radius 2 is 2.12 bits per heavy atom. The Kier molecular flexibility index (Phi) is 5.14. The van der Waals surface area contributed by atoms with Crippen molar-refractivity contribution in [2.45, 2.75) is 26.6 Å². The molecule has 2 aromatic heterocycles. The zero-order chi connectivity index (χ0) is 18.8. The van der Waals surface area contributed by atoms with Gasteiger partial charge in [-0.2, -0.15) is 18.3 Å². The van der Waals surface area contributed by atoms with Crippen LogP contribution >= 0.6 is 0 Å². The van der Waals surface area contributed by atoms with Gasteiger partial charge in [0.15, 0.2) is 11.4 Å². The molecule has 136 valence electrons. The van der Waals surface area contributed by atoms with Crippen LogP contribution < -0.4 is 5.32 Å². The van der Waals surface area contributed by atoms with E-state index >= 15 is 0 Å². The Balaban J connectivity index is 2.00. The number of nitrogens with zero attached hydrogens (tertiary/aromatic N) is 3. The van der Waals surface area contributed by atoms with E-state index < -0.39 is 23.7 Å². The molecule has 0 fully saturated rings. The number of halogens is 3. The number of aromatic carboxylic acids is 1. The highest BCUT2D eigenvalue weighted by atomic mass is 19.4. The molecule has 2 aromatic rings. The zero-order valence-electron chi connectivity index (χ0n) is 13.4. The van der Waals surface area contributed by atoms with E-state index in [1.807, 2.05) is 0 Å². The summed E-state index contributed by atoms with van der Waals surface area (Å²) in [5.74, 6) is -2.44. The summed E-state index contributed by atoms with van der Waals surface area (Å²) >= 11 is 0. The minimum Gasteiger partial charge on any atom is -0.477 e. The number of hydrogen-bond acceptors (Lipinski definition) is 4. The molecule has 2 rings (SSSR count). The van der Waals surface area contributed by atoms with E-state index in [0.717, 1.165) is 17.1 Å². The molecule has 0 aliphatic rings. The first-order chi connectivity index (χ1) is 11.6. The van der Waals surface area contributed by atoms with Crippen molar-refractivity contribution in [1.82, 2.24) is 25.1 Å². The maximum atomic E-state index is 12.9. The van der Waals surface area contributed by atoms with E-state index in [2.05, 4.69) is 20.4 Å². The van der Waals surface area contributed by atoms with Crippen LogP contribution in [0.3, 0.4) is 0 Å². The lowest BCUT2D eigenvalue weighted by atomic mass is 10.1. The van der Waals surface area contributed by atoms with Gasteiger partial charge in [0.25, 0.3) is 5.91 Å². The Bertz CT molecular complexity index is 781. The SMILES string of the molecule is Cc1cc(C(F)(F)F)n(CC(C)CNC(=O)c2nc[nH]c2C(=O)O)n1. The molecule has 0 aliphatic carbocycles. The number of aryl methyl sites for hydroxylation is 1. The fraction of sp³-hybridized carbons (Fsp3) is 0.429. The van der Waals surface area contributed by atoms with Gasteiger partial charge in [-0.25, -0.2) is 9.78 Å². The summed E-state index contributed by atoms with van der Waals surface area (Å²) in [4.78, 5) is 28.9. The van der Waals surface area contributed by atoms with E-state index in [9.17, 15) is 22.8 Å². The molecule has 0 saturated carbocycles. The molecule has 25 heavy (non-hydrogen) atoms. The van der Waals surface area contributed by atoms with Crippen molar-refractivity contribution >= 4 is 11.9 Å². The number of aromatic nitrogens is 4. The Morgan fingerprint density at radius 1 is 1.44 bits per heavy atom. The monoisotopic (exact) mass is 359 g/mol. The summed E-state index contributed by atoms with van der Waals surface area (Å²) in [5.41, 5.74) is -1.26. The van der Waals surface area contributed by atoms with Crippen LogP contribution in [-0.2, 0) is 12.7 Å². The predicted molar refractivity (Wildman–Crippen MR) is 79.0 cm³/mol. The number of hydrogen-bond donors (Lipinski definition) is 3. The minimum absolute atomic E-state index is 0.0287. The number of rotatable bonds is 6. The van der Waals surface area contributed by atoms with Crippen LogP contribution in [0.25, 0.3) is 0 Å². The maximum absolute atomic E-state index is 12.9. The van der Waals surface area contributed by atoms with Crippen LogP contribution in [0.1, 0.15) is 39.3 Å². The highest BCUT2D eigenvalue weighted by Gasteiger charge is 2.35. The van der Waals surface area contributed by atoms with E-state index in [1.54, 1.807) is 6.92 Å². The third kappa shape index (κ3) is 4.37. The summed E-state index contributed by atoms with van der Waals surface area (Å²) in [6.07, 6.45) is -3.44. The largest absolute Gasteiger partial charge is 0.477 e. The van der Waals surface area contributed by atoms with Crippen molar-refractivity contribution in [3.63, 3.8) is 0 Å². The number of aromatic amines is 1. The molecular weight excluding hydrogens is 343 g/mol. The second-order valence-electron chi connectivity index (χ2n) is 5.60. The fourth-order valence-electron chi connectivity index (χ4n) is 2.25. The van der Waals surface area contributed by atoms with Crippen molar-refractivity contribution in [3.05, 3.63) is 35.2 Å². The number of carbonyl (C=O) groups is 2.